The van der Waals surface area contributed by atoms with Gasteiger partial charge < -0.3 is 14.6 Å². The molecule has 6 heteroatoms. The SMILES string of the molecule is CC(C)N(CC(O)COc1ccccc1Oc1ccc(Cl)cc1)C(C)C.Cl. The quantitative estimate of drug-likeness (QED) is 0.596. The van der Waals surface area contributed by atoms with Crippen molar-refractivity contribution in [2.24, 2.45) is 0 Å². The first-order valence-corrected chi connectivity index (χ1v) is 9.33. The van der Waals surface area contributed by atoms with Gasteiger partial charge in [-0.2, -0.15) is 0 Å². The Morgan fingerprint density at radius 1 is 0.926 bits per heavy atom. The van der Waals surface area contributed by atoms with Gasteiger partial charge >= 0.3 is 0 Å². The van der Waals surface area contributed by atoms with Gasteiger partial charge in [0.05, 0.1) is 0 Å². The van der Waals surface area contributed by atoms with Crippen molar-refractivity contribution < 1.29 is 14.6 Å². The number of hydrogen-bond donors (Lipinski definition) is 1. The van der Waals surface area contributed by atoms with Crippen LogP contribution in [0.4, 0.5) is 0 Å². The Kier molecular flexibility index (Phi) is 9.95. The van der Waals surface area contributed by atoms with E-state index in [0.29, 0.717) is 40.9 Å². The Bertz CT molecular complexity index is 669. The third kappa shape index (κ3) is 7.59. The molecule has 0 aliphatic carbocycles. The summed E-state index contributed by atoms with van der Waals surface area (Å²) in [7, 11) is 0. The highest BCUT2D eigenvalue weighted by Gasteiger charge is 2.18. The number of hydrogen-bond acceptors (Lipinski definition) is 4. The maximum absolute atomic E-state index is 10.4. The van der Waals surface area contributed by atoms with Gasteiger partial charge in [0.2, 0.25) is 0 Å². The molecule has 0 fully saturated rings. The van der Waals surface area contributed by atoms with Crippen LogP contribution in [0.5, 0.6) is 17.2 Å². The zero-order valence-electron chi connectivity index (χ0n) is 16.3. The maximum Gasteiger partial charge on any atom is 0.169 e. The molecule has 2 aromatic rings. The van der Waals surface area contributed by atoms with Crippen LogP contribution in [0, 0.1) is 0 Å². The van der Waals surface area contributed by atoms with Crippen molar-refractivity contribution in [2.45, 2.75) is 45.9 Å². The summed E-state index contributed by atoms with van der Waals surface area (Å²) in [6.45, 7) is 9.28. The average Bonchev–Trinajstić information content (AvgIpc) is 2.60. The van der Waals surface area contributed by atoms with Crippen molar-refractivity contribution in [1.82, 2.24) is 4.90 Å². The molecule has 0 amide bonds. The highest BCUT2D eigenvalue weighted by atomic mass is 35.5. The number of rotatable bonds is 9. The lowest BCUT2D eigenvalue weighted by Crippen LogP contribution is -2.43. The fraction of sp³-hybridized carbons (Fsp3) is 0.429. The normalized spacial score (nSPS) is 12.2. The van der Waals surface area contributed by atoms with Crippen molar-refractivity contribution in [1.29, 1.82) is 0 Å². The first-order valence-electron chi connectivity index (χ1n) is 8.96. The van der Waals surface area contributed by atoms with E-state index in [0.717, 1.165) is 0 Å². The number of benzene rings is 2. The molecule has 27 heavy (non-hydrogen) atoms. The molecule has 0 bridgehead atoms. The van der Waals surface area contributed by atoms with Gasteiger partial charge in [0.1, 0.15) is 18.5 Å². The standard InChI is InChI=1S/C21H28ClNO3.ClH/c1-15(2)23(16(3)4)13-18(24)14-25-20-7-5-6-8-21(20)26-19-11-9-17(22)10-12-19;/h5-12,15-16,18,24H,13-14H2,1-4H3;1H. The lowest BCUT2D eigenvalue weighted by atomic mass is 10.2. The molecule has 0 aliphatic heterocycles. The third-order valence-electron chi connectivity index (χ3n) is 4.07. The molecule has 0 radical (unpaired) electrons. The molecule has 1 N–H and O–H groups in total. The van der Waals surface area contributed by atoms with Crippen molar-refractivity contribution in [2.75, 3.05) is 13.2 Å². The number of nitrogens with zero attached hydrogens (tertiary/aromatic N) is 1. The molecule has 0 aliphatic rings. The molecule has 2 aromatic carbocycles. The van der Waals surface area contributed by atoms with Crippen LogP contribution >= 0.6 is 24.0 Å². The molecular formula is C21H29Cl2NO3. The zero-order chi connectivity index (χ0) is 19.1. The predicted molar refractivity (Wildman–Crippen MR) is 114 cm³/mol. The fourth-order valence-corrected chi connectivity index (χ4v) is 2.91. The molecule has 150 valence electrons. The maximum atomic E-state index is 10.4. The lowest BCUT2D eigenvalue weighted by Gasteiger charge is -2.32. The van der Waals surface area contributed by atoms with Crippen LogP contribution < -0.4 is 9.47 Å². The molecule has 0 aromatic heterocycles. The average molecular weight is 414 g/mol. The highest BCUT2D eigenvalue weighted by molar-refractivity contribution is 6.30. The van der Waals surface area contributed by atoms with Gasteiger partial charge in [0.15, 0.2) is 11.5 Å². The molecule has 2 rings (SSSR count). The molecule has 0 heterocycles. The number of para-hydroxylation sites is 2. The predicted octanol–water partition coefficient (Wildman–Crippen LogP) is 5.41. The van der Waals surface area contributed by atoms with Crippen molar-refractivity contribution in [3.05, 3.63) is 53.6 Å². The Morgan fingerprint density at radius 3 is 2.04 bits per heavy atom. The van der Waals surface area contributed by atoms with Gasteiger partial charge in [-0.1, -0.05) is 23.7 Å². The Morgan fingerprint density at radius 2 is 1.48 bits per heavy atom. The van der Waals surface area contributed by atoms with Crippen molar-refractivity contribution >= 4 is 24.0 Å². The van der Waals surface area contributed by atoms with Crippen LogP contribution in [0.25, 0.3) is 0 Å². The van der Waals surface area contributed by atoms with Gasteiger partial charge in [-0.05, 0) is 64.1 Å². The molecule has 4 nitrogen and oxygen atoms in total. The number of aliphatic hydroxyl groups is 1. The second-order valence-electron chi connectivity index (χ2n) is 6.85. The number of aliphatic hydroxyl groups excluding tert-OH is 1. The molecule has 0 saturated heterocycles. The Balaban J connectivity index is 0.00000364. The Hall–Kier alpha value is -1.46. The molecule has 1 unspecified atom stereocenters. The lowest BCUT2D eigenvalue weighted by molar-refractivity contribution is 0.0440. The van der Waals surface area contributed by atoms with Crippen LogP contribution in [-0.2, 0) is 0 Å². The van der Waals surface area contributed by atoms with E-state index in [9.17, 15) is 5.11 Å². The van der Waals surface area contributed by atoms with Gasteiger partial charge in [-0.15, -0.1) is 12.4 Å². The van der Waals surface area contributed by atoms with E-state index >= 15 is 0 Å². The fourth-order valence-electron chi connectivity index (χ4n) is 2.78. The van der Waals surface area contributed by atoms with Gasteiger partial charge in [-0.25, -0.2) is 0 Å². The first-order chi connectivity index (χ1) is 12.4. The minimum absolute atomic E-state index is 0. The minimum Gasteiger partial charge on any atom is -0.487 e. The summed E-state index contributed by atoms with van der Waals surface area (Å²) in [4.78, 5) is 2.24. The van der Waals surface area contributed by atoms with E-state index in [2.05, 4.69) is 32.6 Å². The third-order valence-corrected chi connectivity index (χ3v) is 4.32. The van der Waals surface area contributed by atoms with Crippen molar-refractivity contribution in [3.8, 4) is 17.2 Å². The molecule has 0 saturated carbocycles. The monoisotopic (exact) mass is 413 g/mol. The minimum atomic E-state index is -0.580. The van der Waals surface area contributed by atoms with Gasteiger partial charge in [0.25, 0.3) is 0 Å². The Labute approximate surface area is 173 Å². The largest absolute Gasteiger partial charge is 0.487 e. The summed E-state index contributed by atoms with van der Waals surface area (Å²) in [5.41, 5.74) is 0. The van der Waals surface area contributed by atoms with Crippen molar-refractivity contribution in [3.63, 3.8) is 0 Å². The van der Waals surface area contributed by atoms with E-state index in [1.54, 1.807) is 24.3 Å². The van der Waals surface area contributed by atoms with E-state index in [1.807, 2.05) is 24.3 Å². The van der Waals surface area contributed by atoms with Gasteiger partial charge in [-0.3, -0.25) is 4.90 Å². The molecule has 1 atom stereocenters. The number of ether oxygens (including phenoxy) is 2. The summed E-state index contributed by atoms with van der Waals surface area (Å²) < 4.78 is 11.7. The molecular weight excluding hydrogens is 385 g/mol. The van der Waals surface area contributed by atoms with Crippen LogP contribution in [0.15, 0.2) is 48.5 Å². The second kappa shape index (κ2) is 11.4. The summed E-state index contributed by atoms with van der Waals surface area (Å²) in [6.07, 6.45) is -0.580. The van der Waals surface area contributed by atoms with E-state index < -0.39 is 6.10 Å². The van der Waals surface area contributed by atoms with Crippen LogP contribution in [-0.4, -0.2) is 41.3 Å². The topological polar surface area (TPSA) is 41.9 Å². The first kappa shape index (κ1) is 23.6. The van der Waals surface area contributed by atoms with Crippen LogP contribution in [0.3, 0.4) is 0 Å². The van der Waals surface area contributed by atoms with E-state index in [4.69, 9.17) is 21.1 Å². The summed E-state index contributed by atoms with van der Waals surface area (Å²) in [5, 5.41) is 11.0. The van der Waals surface area contributed by atoms with E-state index in [-0.39, 0.29) is 19.0 Å². The summed E-state index contributed by atoms with van der Waals surface area (Å²) >= 11 is 5.90. The van der Waals surface area contributed by atoms with Gasteiger partial charge in [0, 0.05) is 23.7 Å². The highest BCUT2D eigenvalue weighted by Crippen LogP contribution is 2.31. The summed E-state index contributed by atoms with van der Waals surface area (Å²) in [6, 6.07) is 15.3. The van der Waals surface area contributed by atoms with Crippen LogP contribution in [0.2, 0.25) is 5.02 Å². The van der Waals surface area contributed by atoms with E-state index in [1.165, 1.54) is 0 Å². The number of halogens is 2. The molecule has 0 spiro atoms. The second-order valence-corrected chi connectivity index (χ2v) is 7.29. The summed E-state index contributed by atoms with van der Waals surface area (Å²) in [5.74, 6) is 1.88. The smallest absolute Gasteiger partial charge is 0.169 e. The zero-order valence-corrected chi connectivity index (χ0v) is 17.8. The van der Waals surface area contributed by atoms with Crippen LogP contribution in [0.1, 0.15) is 27.7 Å².